The van der Waals surface area contributed by atoms with Crippen molar-refractivity contribution in [3.05, 3.63) is 35.4 Å². The van der Waals surface area contributed by atoms with Gasteiger partial charge in [0.2, 0.25) is 0 Å². The fourth-order valence-electron chi connectivity index (χ4n) is 2.92. The number of hydrogen-bond acceptors (Lipinski definition) is 4. The minimum Gasteiger partial charge on any atom is -0.453 e. The number of nitrogens with one attached hydrogen (secondary N) is 2. The van der Waals surface area contributed by atoms with Gasteiger partial charge in [0.05, 0.1) is 18.8 Å². The summed E-state index contributed by atoms with van der Waals surface area (Å²) < 4.78 is 43.6. The molecule has 1 saturated heterocycles. The number of rotatable bonds is 4. The van der Waals surface area contributed by atoms with Crippen LogP contribution in [-0.4, -0.2) is 54.9 Å². The van der Waals surface area contributed by atoms with E-state index in [1.54, 1.807) is 0 Å². The predicted octanol–water partition coefficient (Wildman–Crippen LogP) is 2.27. The van der Waals surface area contributed by atoms with Crippen molar-refractivity contribution in [2.24, 2.45) is 0 Å². The molecule has 0 saturated carbocycles. The number of piperidine rings is 1. The van der Waals surface area contributed by atoms with Gasteiger partial charge in [0, 0.05) is 25.7 Å². The van der Waals surface area contributed by atoms with Gasteiger partial charge in [-0.05, 0) is 24.5 Å². The molecular formula is C17H22F3N3O4. The maximum absolute atomic E-state index is 13.0. The highest BCUT2D eigenvalue weighted by Crippen LogP contribution is 2.34. The van der Waals surface area contributed by atoms with E-state index in [1.165, 1.54) is 30.2 Å². The number of aliphatic hydroxyl groups excluding tert-OH is 1. The van der Waals surface area contributed by atoms with E-state index in [0.717, 1.165) is 6.07 Å². The van der Waals surface area contributed by atoms with Gasteiger partial charge in [-0.25, -0.2) is 9.59 Å². The van der Waals surface area contributed by atoms with E-state index < -0.39 is 30.0 Å². The van der Waals surface area contributed by atoms with E-state index >= 15 is 0 Å². The summed E-state index contributed by atoms with van der Waals surface area (Å²) in [5, 5.41) is 15.1. The number of hydrogen-bond donors (Lipinski definition) is 3. The van der Waals surface area contributed by atoms with Crippen molar-refractivity contribution in [1.29, 1.82) is 0 Å². The van der Waals surface area contributed by atoms with Crippen molar-refractivity contribution in [2.75, 3.05) is 26.7 Å². The molecule has 0 aromatic heterocycles. The fraction of sp³-hybridized carbons (Fsp3) is 0.529. The monoisotopic (exact) mass is 389 g/mol. The molecule has 1 atom stereocenters. The lowest BCUT2D eigenvalue weighted by atomic mass is 10.0. The molecule has 0 aliphatic carbocycles. The number of likely N-dealkylation sites (tertiary alicyclic amines) is 1. The molecule has 27 heavy (non-hydrogen) atoms. The van der Waals surface area contributed by atoms with Gasteiger partial charge in [-0.3, -0.25) is 0 Å². The van der Waals surface area contributed by atoms with Crippen LogP contribution in [0.2, 0.25) is 0 Å². The number of aliphatic hydroxyl groups is 1. The van der Waals surface area contributed by atoms with Crippen LogP contribution in [0.15, 0.2) is 24.3 Å². The summed E-state index contributed by atoms with van der Waals surface area (Å²) in [4.78, 5) is 24.9. The van der Waals surface area contributed by atoms with E-state index in [-0.39, 0.29) is 18.2 Å². The van der Waals surface area contributed by atoms with Crippen molar-refractivity contribution in [2.45, 2.75) is 31.2 Å². The molecule has 10 heteroatoms. The summed E-state index contributed by atoms with van der Waals surface area (Å²) in [6.45, 7) is 0.498. The van der Waals surface area contributed by atoms with Gasteiger partial charge in [-0.15, -0.1) is 0 Å². The number of benzene rings is 1. The average Bonchev–Trinajstić information content (AvgIpc) is 2.65. The summed E-state index contributed by atoms with van der Waals surface area (Å²) >= 11 is 0. The number of carbonyl (C=O) groups excluding carboxylic acids is 2. The van der Waals surface area contributed by atoms with E-state index in [0.29, 0.717) is 25.9 Å². The highest BCUT2D eigenvalue weighted by atomic mass is 19.4. The zero-order valence-corrected chi connectivity index (χ0v) is 14.8. The molecule has 1 unspecified atom stereocenters. The van der Waals surface area contributed by atoms with Crippen LogP contribution < -0.4 is 10.6 Å². The summed E-state index contributed by atoms with van der Waals surface area (Å²) in [7, 11) is 1.29. The smallest absolute Gasteiger partial charge is 0.416 e. The summed E-state index contributed by atoms with van der Waals surface area (Å²) in [5.41, 5.74) is -1.23. The summed E-state index contributed by atoms with van der Waals surface area (Å²) in [5.74, 6) is 0. The minimum absolute atomic E-state index is 0.175. The maximum Gasteiger partial charge on any atom is 0.416 e. The Kier molecular flexibility index (Phi) is 6.89. The fourth-order valence-corrected chi connectivity index (χ4v) is 2.92. The summed E-state index contributed by atoms with van der Waals surface area (Å²) in [6, 6.07) is 3.92. The van der Waals surface area contributed by atoms with Crippen molar-refractivity contribution in [3.63, 3.8) is 0 Å². The average molecular weight is 389 g/mol. The van der Waals surface area contributed by atoms with Crippen molar-refractivity contribution in [1.82, 2.24) is 15.5 Å². The third-order valence-corrected chi connectivity index (χ3v) is 4.34. The number of alkyl halides is 3. The molecule has 1 fully saturated rings. The number of urea groups is 1. The van der Waals surface area contributed by atoms with Crippen molar-refractivity contribution < 1.29 is 32.6 Å². The van der Waals surface area contributed by atoms with Gasteiger partial charge < -0.3 is 25.4 Å². The first-order valence-electron chi connectivity index (χ1n) is 8.43. The van der Waals surface area contributed by atoms with Crippen molar-refractivity contribution in [3.8, 4) is 0 Å². The molecule has 1 heterocycles. The van der Waals surface area contributed by atoms with E-state index in [4.69, 9.17) is 0 Å². The van der Waals surface area contributed by atoms with Gasteiger partial charge >= 0.3 is 18.3 Å². The van der Waals surface area contributed by atoms with Crippen LogP contribution in [0.5, 0.6) is 0 Å². The molecule has 3 amide bonds. The molecule has 1 aromatic carbocycles. The minimum atomic E-state index is -4.59. The number of carbonyl (C=O) groups is 2. The van der Waals surface area contributed by atoms with Crippen LogP contribution in [0, 0.1) is 0 Å². The Hall–Kier alpha value is -2.49. The molecule has 0 bridgehead atoms. The molecule has 1 aliphatic heterocycles. The highest BCUT2D eigenvalue weighted by molar-refractivity contribution is 5.74. The number of ether oxygens (including phenoxy) is 1. The van der Waals surface area contributed by atoms with Crippen LogP contribution in [0.25, 0.3) is 0 Å². The topological polar surface area (TPSA) is 90.9 Å². The Morgan fingerprint density at radius 3 is 2.52 bits per heavy atom. The molecule has 3 N–H and O–H groups in total. The molecular weight excluding hydrogens is 367 g/mol. The maximum atomic E-state index is 13.0. The van der Waals surface area contributed by atoms with Crippen LogP contribution in [0.1, 0.15) is 30.1 Å². The number of methoxy groups -OCH3 is 1. The van der Waals surface area contributed by atoms with Gasteiger partial charge in [-0.2, -0.15) is 13.2 Å². The first-order valence-corrected chi connectivity index (χ1v) is 8.43. The predicted molar refractivity (Wildman–Crippen MR) is 89.9 cm³/mol. The van der Waals surface area contributed by atoms with Gasteiger partial charge in [-0.1, -0.05) is 18.2 Å². The second-order valence-corrected chi connectivity index (χ2v) is 6.19. The Morgan fingerprint density at radius 1 is 1.30 bits per heavy atom. The first kappa shape index (κ1) is 20.8. The Morgan fingerprint density at radius 2 is 1.93 bits per heavy atom. The normalized spacial score (nSPS) is 16.6. The zero-order chi connectivity index (χ0) is 20.0. The van der Waals surface area contributed by atoms with E-state index in [1.807, 2.05) is 0 Å². The lowest BCUT2D eigenvalue weighted by Crippen LogP contribution is -2.49. The summed E-state index contributed by atoms with van der Waals surface area (Å²) in [6.07, 6.45) is -5.45. The lowest BCUT2D eigenvalue weighted by Gasteiger charge is -2.31. The number of halogens is 3. The SMILES string of the molecule is COC(=O)N1CCC(NC(=O)NCC(O)c2ccccc2C(F)(F)F)CC1. The third-order valence-electron chi connectivity index (χ3n) is 4.34. The first-order chi connectivity index (χ1) is 12.7. The van der Waals surface area contributed by atoms with Crippen LogP contribution in [0.4, 0.5) is 22.8 Å². The lowest BCUT2D eigenvalue weighted by molar-refractivity contribution is -0.139. The molecule has 150 valence electrons. The molecule has 2 rings (SSSR count). The third kappa shape index (κ3) is 5.75. The highest BCUT2D eigenvalue weighted by Gasteiger charge is 2.34. The van der Waals surface area contributed by atoms with E-state index in [9.17, 15) is 27.9 Å². The molecule has 0 spiro atoms. The largest absolute Gasteiger partial charge is 0.453 e. The van der Waals surface area contributed by atoms with Crippen LogP contribution >= 0.6 is 0 Å². The Bertz CT molecular complexity index is 661. The van der Waals surface area contributed by atoms with Gasteiger partial charge in [0.25, 0.3) is 0 Å². The zero-order valence-electron chi connectivity index (χ0n) is 14.8. The molecule has 0 radical (unpaired) electrons. The van der Waals surface area contributed by atoms with E-state index in [2.05, 4.69) is 15.4 Å². The van der Waals surface area contributed by atoms with Crippen molar-refractivity contribution >= 4 is 12.1 Å². The second kappa shape index (κ2) is 8.94. The molecule has 1 aliphatic rings. The number of nitrogens with zero attached hydrogens (tertiary/aromatic N) is 1. The number of amides is 3. The molecule has 1 aromatic rings. The Labute approximate surface area is 154 Å². The van der Waals surface area contributed by atoms with Crippen LogP contribution in [0.3, 0.4) is 0 Å². The van der Waals surface area contributed by atoms with Gasteiger partial charge in [0.15, 0.2) is 0 Å². The standard InChI is InChI=1S/C17H22F3N3O4/c1-27-16(26)23-8-6-11(7-9-23)22-15(25)21-10-14(24)12-4-2-3-5-13(12)17(18,19)20/h2-5,11,14,24H,6-10H2,1H3,(H2,21,22,25). The Balaban J connectivity index is 1.82. The quantitative estimate of drug-likeness (QED) is 0.737. The molecule has 7 nitrogen and oxygen atoms in total. The van der Waals surface area contributed by atoms with Crippen LogP contribution in [-0.2, 0) is 10.9 Å². The second-order valence-electron chi connectivity index (χ2n) is 6.19. The van der Waals surface area contributed by atoms with Gasteiger partial charge in [0.1, 0.15) is 0 Å².